The number of aromatic carboxylic acids is 2. The number of carboxylic acids is 2. The van der Waals surface area contributed by atoms with E-state index in [-0.39, 0.29) is 11.1 Å². The van der Waals surface area contributed by atoms with Crippen LogP contribution in [0, 0.1) is 0 Å². The second-order valence-corrected chi connectivity index (χ2v) is 8.44. The Hall–Kier alpha value is -4.96. The fraction of sp³-hybridized carbons (Fsp3) is 0. The van der Waals surface area contributed by atoms with Crippen LogP contribution < -0.4 is 0 Å². The molecule has 0 bridgehead atoms. The lowest BCUT2D eigenvalue weighted by atomic mass is 9.85. The van der Waals surface area contributed by atoms with Gasteiger partial charge in [-0.25, -0.2) is 9.59 Å². The minimum atomic E-state index is -0.976. The summed E-state index contributed by atoms with van der Waals surface area (Å²) in [5.41, 5.74) is 8.24. The zero-order chi connectivity index (χ0) is 25.1. The van der Waals surface area contributed by atoms with Crippen LogP contribution in [-0.4, -0.2) is 22.2 Å². The summed E-state index contributed by atoms with van der Waals surface area (Å²) in [7, 11) is 0. The third kappa shape index (κ3) is 4.52. The lowest BCUT2D eigenvalue weighted by molar-refractivity contribution is 0.0686. The average molecular weight is 471 g/mol. The van der Waals surface area contributed by atoms with Gasteiger partial charge in [-0.1, -0.05) is 84.9 Å². The molecule has 0 saturated heterocycles. The molecule has 0 atom stereocenters. The molecule has 0 unspecified atom stereocenters. The molecule has 174 valence electrons. The van der Waals surface area contributed by atoms with Gasteiger partial charge in [0, 0.05) is 0 Å². The Morgan fingerprint density at radius 1 is 0.389 bits per heavy atom. The highest BCUT2D eigenvalue weighted by Crippen LogP contribution is 2.42. The lowest BCUT2D eigenvalue weighted by Crippen LogP contribution is -1.97. The molecule has 0 saturated carbocycles. The summed E-state index contributed by atoms with van der Waals surface area (Å²) >= 11 is 0. The number of carboxylic acid groups (broad SMARTS) is 2. The Balaban J connectivity index is 1.80. The van der Waals surface area contributed by atoms with E-state index in [0.717, 1.165) is 44.5 Å². The van der Waals surface area contributed by atoms with Gasteiger partial charge < -0.3 is 10.2 Å². The molecule has 0 fully saturated rings. The zero-order valence-electron chi connectivity index (χ0n) is 19.3. The standard InChI is InChI=1S/C32H22O4/c33-31(34)25-15-11-23(12-16-25)29-19-27(21-7-3-1-4-8-21)28(22-9-5-2-6-10-22)20-30(29)24-13-17-26(18-14-24)32(35)36/h1-20H,(H,33,34)(H,35,36). The first kappa shape index (κ1) is 22.8. The third-order valence-corrected chi connectivity index (χ3v) is 6.21. The molecule has 0 radical (unpaired) electrons. The van der Waals surface area contributed by atoms with Crippen molar-refractivity contribution in [3.05, 3.63) is 132 Å². The van der Waals surface area contributed by atoms with Gasteiger partial charge in [-0.15, -0.1) is 0 Å². The number of benzene rings is 5. The van der Waals surface area contributed by atoms with Crippen molar-refractivity contribution in [2.45, 2.75) is 0 Å². The molecular formula is C32H22O4. The number of carbonyl (C=O) groups is 2. The lowest BCUT2D eigenvalue weighted by Gasteiger charge is -2.18. The monoisotopic (exact) mass is 470 g/mol. The van der Waals surface area contributed by atoms with E-state index in [9.17, 15) is 19.8 Å². The van der Waals surface area contributed by atoms with Crippen LogP contribution in [0.15, 0.2) is 121 Å². The fourth-order valence-electron chi connectivity index (χ4n) is 4.38. The van der Waals surface area contributed by atoms with Gasteiger partial charge in [-0.3, -0.25) is 0 Å². The van der Waals surface area contributed by atoms with Crippen molar-refractivity contribution in [3.63, 3.8) is 0 Å². The highest BCUT2D eigenvalue weighted by molar-refractivity contribution is 5.96. The van der Waals surface area contributed by atoms with Crippen LogP contribution in [0.25, 0.3) is 44.5 Å². The van der Waals surface area contributed by atoms with Crippen LogP contribution in [0.3, 0.4) is 0 Å². The van der Waals surface area contributed by atoms with E-state index in [2.05, 4.69) is 36.4 Å². The molecule has 0 amide bonds. The normalized spacial score (nSPS) is 10.7. The van der Waals surface area contributed by atoms with Gasteiger partial charge in [0.15, 0.2) is 0 Å². The molecule has 0 aromatic heterocycles. The summed E-state index contributed by atoms with van der Waals surface area (Å²) in [6, 6.07) is 38.2. The van der Waals surface area contributed by atoms with Gasteiger partial charge in [0.05, 0.1) is 11.1 Å². The summed E-state index contributed by atoms with van der Waals surface area (Å²) in [5, 5.41) is 18.7. The molecule has 0 aliphatic heterocycles. The highest BCUT2D eigenvalue weighted by Gasteiger charge is 2.17. The van der Waals surface area contributed by atoms with Crippen molar-refractivity contribution in [3.8, 4) is 44.5 Å². The minimum absolute atomic E-state index is 0.218. The van der Waals surface area contributed by atoms with Crippen LogP contribution in [0.2, 0.25) is 0 Å². The number of hydrogen-bond acceptors (Lipinski definition) is 2. The fourth-order valence-corrected chi connectivity index (χ4v) is 4.38. The maximum absolute atomic E-state index is 11.4. The number of rotatable bonds is 6. The molecule has 0 aliphatic carbocycles. The smallest absolute Gasteiger partial charge is 0.335 e. The molecule has 4 heteroatoms. The molecule has 5 rings (SSSR count). The first-order chi connectivity index (χ1) is 17.5. The van der Waals surface area contributed by atoms with Crippen LogP contribution in [0.1, 0.15) is 20.7 Å². The van der Waals surface area contributed by atoms with Gasteiger partial charge >= 0.3 is 11.9 Å². The van der Waals surface area contributed by atoms with E-state index < -0.39 is 11.9 Å². The molecule has 4 nitrogen and oxygen atoms in total. The van der Waals surface area contributed by atoms with E-state index in [0.29, 0.717) is 0 Å². The van der Waals surface area contributed by atoms with Gasteiger partial charge in [-0.2, -0.15) is 0 Å². The van der Waals surface area contributed by atoms with E-state index in [1.165, 1.54) is 0 Å². The van der Waals surface area contributed by atoms with Crippen LogP contribution in [-0.2, 0) is 0 Å². The molecule has 0 spiro atoms. The summed E-state index contributed by atoms with van der Waals surface area (Å²) in [4.78, 5) is 22.8. The van der Waals surface area contributed by atoms with Crippen LogP contribution in [0.4, 0.5) is 0 Å². The maximum Gasteiger partial charge on any atom is 0.335 e. The van der Waals surface area contributed by atoms with E-state index in [1.807, 2.05) is 60.7 Å². The minimum Gasteiger partial charge on any atom is -0.478 e. The first-order valence-electron chi connectivity index (χ1n) is 11.5. The Bertz CT molecular complexity index is 1420. The Labute approximate surface area is 208 Å². The first-order valence-corrected chi connectivity index (χ1v) is 11.5. The molecule has 0 heterocycles. The molecule has 36 heavy (non-hydrogen) atoms. The average Bonchev–Trinajstić information content (AvgIpc) is 2.93. The van der Waals surface area contributed by atoms with Crippen molar-refractivity contribution in [2.24, 2.45) is 0 Å². The largest absolute Gasteiger partial charge is 0.478 e. The summed E-state index contributed by atoms with van der Waals surface area (Å²) in [5.74, 6) is -1.95. The molecular weight excluding hydrogens is 448 g/mol. The number of hydrogen-bond donors (Lipinski definition) is 2. The van der Waals surface area contributed by atoms with Gasteiger partial charge in [0.25, 0.3) is 0 Å². The molecule has 5 aromatic carbocycles. The summed E-state index contributed by atoms with van der Waals surface area (Å²) in [6.45, 7) is 0. The predicted octanol–water partition coefficient (Wildman–Crippen LogP) is 7.75. The Kier molecular flexibility index (Phi) is 6.16. The quantitative estimate of drug-likeness (QED) is 0.266. The van der Waals surface area contributed by atoms with E-state index in [4.69, 9.17) is 0 Å². The highest BCUT2D eigenvalue weighted by atomic mass is 16.4. The molecule has 0 aliphatic rings. The summed E-state index contributed by atoms with van der Waals surface area (Å²) < 4.78 is 0. The predicted molar refractivity (Wildman–Crippen MR) is 142 cm³/mol. The van der Waals surface area contributed by atoms with E-state index >= 15 is 0 Å². The van der Waals surface area contributed by atoms with Crippen molar-refractivity contribution >= 4 is 11.9 Å². The maximum atomic E-state index is 11.4. The second-order valence-electron chi connectivity index (χ2n) is 8.44. The third-order valence-electron chi connectivity index (χ3n) is 6.21. The SMILES string of the molecule is O=C(O)c1ccc(-c2cc(-c3ccccc3)c(-c3ccccc3)cc2-c2ccc(C(=O)O)cc2)cc1. The second kappa shape index (κ2) is 9.72. The zero-order valence-corrected chi connectivity index (χ0v) is 19.3. The van der Waals surface area contributed by atoms with Gasteiger partial charge in [0.2, 0.25) is 0 Å². The van der Waals surface area contributed by atoms with Gasteiger partial charge in [0.1, 0.15) is 0 Å². The van der Waals surface area contributed by atoms with Crippen LogP contribution >= 0.6 is 0 Å². The Morgan fingerprint density at radius 2 is 0.667 bits per heavy atom. The van der Waals surface area contributed by atoms with E-state index in [1.54, 1.807) is 24.3 Å². The van der Waals surface area contributed by atoms with Crippen LogP contribution in [0.5, 0.6) is 0 Å². The van der Waals surface area contributed by atoms with Gasteiger partial charge in [-0.05, 0) is 80.9 Å². The summed E-state index contributed by atoms with van der Waals surface area (Å²) in [6.07, 6.45) is 0. The molecule has 5 aromatic rings. The van der Waals surface area contributed by atoms with Crippen molar-refractivity contribution in [1.82, 2.24) is 0 Å². The topological polar surface area (TPSA) is 74.6 Å². The van der Waals surface area contributed by atoms with Crippen molar-refractivity contribution < 1.29 is 19.8 Å². The van der Waals surface area contributed by atoms with Crippen molar-refractivity contribution in [1.29, 1.82) is 0 Å². The van der Waals surface area contributed by atoms with Crippen molar-refractivity contribution in [2.75, 3.05) is 0 Å². The Morgan fingerprint density at radius 3 is 0.944 bits per heavy atom. The molecule has 2 N–H and O–H groups in total.